The number of ketones is 1. The van der Waals surface area contributed by atoms with Gasteiger partial charge in [0, 0.05) is 19.2 Å². The number of pyridine rings is 1. The molecule has 0 atom stereocenters. The molecule has 1 fully saturated rings. The predicted octanol–water partition coefficient (Wildman–Crippen LogP) is 6.21. The molecule has 0 N–H and O–H groups in total. The molecule has 5 nitrogen and oxygen atoms in total. The quantitative estimate of drug-likeness (QED) is 0.298. The zero-order valence-electron chi connectivity index (χ0n) is 19.3. The van der Waals surface area contributed by atoms with Gasteiger partial charge < -0.3 is 4.42 Å². The summed E-state index contributed by atoms with van der Waals surface area (Å²) in [5.74, 6) is 0.549. The third kappa shape index (κ3) is 5.49. The second-order valence-electron chi connectivity index (χ2n) is 8.90. The Labute approximate surface area is 200 Å². The number of aryl methyl sites for hydroxylation is 1. The van der Waals surface area contributed by atoms with E-state index >= 15 is 0 Å². The monoisotopic (exact) mass is 451 g/mol. The summed E-state index contributed by atoms with van der Waals surface area (Å²) >= 11 is 0. The fourth-order valence-electron chi connectivity index (χ4n) is 4.44. The molecular formula is C29H29N3O2. The van der Waals surface area contributed by atoms with Crippen LogP contribution in [-0.4, -0.2) is 33.7 Å². The molecular weight excluding hydrogens is 422 g/mol. The van der Waals surface area contributed by atoms with Crippen molar-refractivity contribution in [2.24, 2.45) is 0 Å². The van der Waals surface area contributed by atoms with Crippen LogP contribution < -0.4 is 0 Å². The number of likely N-dealkylation sites (tertiary alicyclic amines) is 1. The normalized spacial score (nSPS) is 14.2. The number of hydrogen-bond donors (Lipinski definition) is 0. The number of carbonyl (C=O) groups excluding carboxylic acids is 1. The van der Waals surface area contributed by atoms with Crippen LogP contribution in [-0.2, 0) is 13.0 Å². The highest BCUT2D eigenvalue weighted by Gasteiger charge is 2.15. The molecule has 34 heavy (non-hydrogen) atoms. The molecule has 4 aromatic rings. The Morgan fingerprint density at radius 3 is 2.21 bits per heavy atom. The Morgan fingerprint density at radius 1 is 0.824 bits per heavy atom. The molecule has 1 aliphatic rings. The highest BCUT2D eigenvalue weighted by Crippen LogP contribution is 2.23. The third-order valence-corrected chi connectivity index (χ3v) is 6.40. The molecule has 5 rings (SSSR count). The Balaban J connectivity index is 1.15. The number of Topliss-reactive ketones (excluding diaryl/α,β-unsaturated/α-hetero) is 1. The number of carbonyl (C=O) groups is 1. The van der Waals surface area contributed by atoms with Crippen LogP contribution in [0.5, 0.6) is 0 Å². The van der Waals surface area contributed by atoms with E-state index in [1.807, 2.05) is 18.2 Å². The number of oxazole rings is 1. The zero-order chi connectivity index (χ0) is 23.2. The van der Waals surface area contributed by atoms with Crippen LogP contribution in [0.2, 0.25) is 0 Å². The summed E-state index contributed by atoms with van der Waals surface area (Å²) < 4.78 is 5.63. The van der Waals surface area contributed by atoms with E-state index in [4.69, 9.17) is 4.42 Å². The molecule has 1 saturated heterocycles. The van der Waals surface area contributed by atoms with E-state index in [1.165, 1.54) is 49.0 Å². The highest BCUT2D eigenvalue weighted by molar-refractivity contribution is 5.92. The summed E-state index contributed by atoms with van der Waals surface area (Å²) in [5, 5.41) is 0. The molecule has 3 heterocycles. The van der Waals surface area contributed by atoms with Gasteiger partial charge in [0.15, 0.2) is 5.76 Å². The van der Waals surface area contributed by atoms with Crippen LogP contribution in [0.1, 0.15) is 47.5 Å². The standard InChI is InChI=1S/C29H29N3O2/c33-27(29-31-20-28(34-29)26-6-2-3-17-30-26)16-11-22-7-12-24(13-8-22)25-14-9-23(10-15-25)21-32-18-4-1-5-19-32/h2-3,6-10,12-15,17,20H,1,4-5,11,16,18-19,21H2. The lowest BCUT2D eigenvalue weighted by Crippen LogP contribution is -2.28. The molecule has 0 unspecified atom stereocenters. The predicted molar refractivity (Wildman–Crippen MR) is 133 cm³/mol. The first-order valence-corrected chi connectivity index (χ1v) is 12.1. The summed E-state index contributed by atoms with van der Waals surface area (Å²) in [6.45, 7) is 3.47. The van der Waals surface area contributed by atoms with Crippen LogP contribution in [0.15, 0.2) is 83.5 Å². The first kappa shape index (κ1) is 22.2. The lowest BCUT2D eigenvalue weighted by Gasteiger charge is -2.26. The molecule has 0 spiro atoms. The van der Waals surface area contributed by atoms with Crippen molar-refractivity contribution in [3.8, 4) is 22.6 Å². The Kier molecular flexibility index (Phi) is 6.91. The minimum atomic E-state index is -0.101. The van der Waals surface area contributed by atoms with Crippen LogP contribution in [0, 0.1) is 0 Å². The highest BCUT2D eigenvalue weighted by atomic mass is 16.4. The first-order chi connectivity index (χ1) is 16.7. The van der Waals surface area contributed by atoms with Gasteiger partial charge in [-0.3, -0.25) is 14.7 Å². The summed E-state index contributed by atoms with van der Waals surface area (Å²) in [5.41, 5.74) is 5.57. The maximum atomic E-state index is 12.5. The molecule has 172 valence electrons. The van der Waals surface area contributed by atoms with Crippen molar-refractivity contribution in [3.05, 3.63) is 96.1 Å². The maximum Gasteiger partial charge on any atom is 0.263 e. The Morgan fingerprint density at radius 2 is 1.53 bits per heavy atom. The first-order valence-electron chi connectivity index (χ1n) is 12.1. The second kappa shape index (κ2) is 10.6. The second-order valence-corrected chi connectivity index (χ2v) is 8.90. The van der Waals surface area contributed by atoms with E-state index < -0.39 is 0 Å². The van der Waals surface area contributed by atoms with Crippen molar-refractivity contribution in [2.45, 2.75) is 38.6 Å². The van der Waals surface area contributed by atoms with Gasteiger partial charge in [0.2, 0.25) is 5.78 Å². The number of aromatic nitrogens is 2. The number of piperidine rings is 1. The van der Waals surface area contributed by atoms with Gasteiger partial charge in [-0.15, -0.1) is 0 Å². The summed E-state index contributed by atoms with van der Waals surface area (Å²) in [6.07, 6.45) is 8.25. The minimum Gasteiger partial charge on any atom is -0.432 e. The van der Waals surface area contributed by atoms with Gasteiger partial charge in [-0.2, -0.15) is 0 Å². The van der Waals surface area contributed by atoms with Crippen molar-refractivity contribution < 1.29 is 9.21 Å². The SMILES string of the molecule is O=C(CCc1ccc(-c2ccc(CN3CCCCC3)cc2)cc1)c1ncc(-c2ccccn2)o1. The number of nitrogens with zero attached hydrogens (tertiary/aromatic N) is 3. The summed E-state index contributed by atoms with van der Waals surface area (Å²) in [4.78, 5) is 23.5. The summed E-state index contributed by atoms with van der Waals surface area (Å²) in [6, 6.07) is 22.9. The average Bonchev–Trinajstić information content (AvgIpc) is 3.40. The van der Waals surface area contributed by atoms with Crippen molar-refractivity contribution >= 4 is 5.78 Å². The van der Waals surface area contributed by atoms with E-state index in [1.54, 1.807) is 12.4 Å². The van der Waals surface area contributed by atoms with E-state index in [9.17, 15) is 4.79 Å². The topological polar surface area (TPSA) is 59.2 Å². The average molecular weight is 452 g/mol. The van der Waals surface area contributed by atoms with Gasteiger partial charge in [0.25, 0.3) is 5.89 Å². The van der Waals surface area contributed by atoms with Gasteiger partial charge in [0.1, 0.15) is 5.69 Å². The van der Waals surface area contributed by atoms with Crippen molar-refractivity contribution in [3.63, 3.8) is 0 Å². The van der Waals surface area contributed by atoms with Gasteiger partial charge >= 0.3 is 0 Å². The molecule has 0 aliphatic carbocycles. The van der Waals surface area contributed by atoms with Crippen molar-refractivity contribution in [2.75, 3.05) is 13.1 Å². The van der Waals surface area contributed by atoms with Crippen LogP contribution >= 0.6 is 0 Å². The van der Waals surface area contributed by atoms with Crippen LogP contribution in [0.3, 0.4) is 0 Å². The van der Waals surface area contributed by atoms with Crippen LogP contribution in [0.25, 0.3) is 22.6 Å². The molecule has 0 radical (unpaired) electrons. The lowest BCUT2D eigenvalue weighted by molar-refractivity contribution is 0.0950. The minimum absolute atomic E-state index is 0.101. The largest absolute Gasteiger partial charge is 0.432 e. The maximum absolute atomic E-state index is 12.5. The number of rotatable bonds is 8. The van der Waals surface area contributed by atoms with Gasteiger partial charge in [-0.1, -0.05) is 61.0 Å². The smallest absolute Gasteiger partial charge is 0.263 e. The lowest BCUT2D eigenvalue weighted by atomic mass is 10.00. The van der Waals surface area contributed by atoms with Crippen LogP contribution in [0.4, 0.5) is 0 Å². The van der Waals surface area contributed by atoms with Gasteiger partial charge in [-0.05, 0) is 66.7 Å². The molecule has 5 heteroatoms. The molecule has 1 aliphatic heterocycles. The van der Waals surface area contributed by atoms with Gasteiger partial charge in [0.05, 0.1) is 6.20 Å². The van der Waals surface area contributed by atoms with Crippen molar-refractivity contribution in [1.29, 1.82) is 0 Å². The van der Waals surface area contributed by atoms with Crippen molar-refractivity contribution in [1.82, 2.24) is 14.9 Å². The number of benzene rings is 2. The Bertz CT molecular complexity index is 1210. The fourth-order valence-corrected chi connectivity index (χ4v) is 4.44. The third-order valence-electron chi connectivity index (χ3n) is 6.40. The molecule has 0 saturated carbocycles. The zero-order valence-corrected chi connectivity index (χ0v) is 19.3. The van der Waals surface area contributed by atoms with E-state index in [0.717, 1.165) is 12.1 Å². The molecule has 0 bridgehead atoms. The molecule has 0 amide bonds. The van der Waals surface area contributed by atoms with E-state index in [2.05, 4.69) is 63.4 Å². The fraction of sp³-hybridized carbons (Fsp3) is 0.276. The van der Waals surface area contributed by atoms with E-state index in [0.29, 0.717) is 24.3 Å². The Hall–Kier alpha value is -3.57. The molecule has 2 aromatic carbocycles. The van der Waals surface area contributed by atoms with E-state index in [-0.39, 0.29) is 11.7 Å². The summed E-state index contributed by atoms with van der Waals surface area (Å²) in [7, 11) is 0. The molecule has 2 aromatic heterocycles. The number of hydrogen-bond acceptors (Lipinski definition) is 5. The van der Waals surface area contributed by atoms with Gasteiger partial charge in [-0.25, -0.2) is 4.98 Å².